The third-order valence-electron chi connectivity index (χ3n) is 4.84. The van der Waals surface area contributed by atoms with Gasteiger partial charge in [0, 0.05) is 30.2 Å². The molecular weight excluding hydrogens is 340 g/mol. The summed E-state index contributed by atoms with van der Waals surface area (Å²) >= 11 is 0. The molecule has 1 N–H and O–H groups in total. The molecule has 0 aliphatic carbocycles. The summed E-state index contributed by atoms with van der Waals surface area (Å²) in [6.45, 7) is 1.28. The van der Waals surface area contributed by atoms with Crippen LogP contribution in [0, 0.1) is 0 Å². The second-order valence-electron chi connectivity index (χ2n) is 6.63. The Hall–Kier alpha value is -2.28. The first-order valence-electron chi connectivity index (χ1n) is 8.76. The monoisotopic (exact) mass is 363 g/mol. The number of ether oxygens (including phenoxy) is 1. The van der Waals surface area contributed by atoms with Crippen molar-refractivity contribution in [3.8, 4) is 0 Å². The fourth-order valence-corrected chi connectivity index (χ4v) is 3.40. The molecule has 1 fully saturated rings. The Labute approximate surface area is 151 Å². The zero-order valence-electron chi connectivity index (χ0n) is 14.8. The van der Waals surface area contributed by atoms with Gasteiger partial charge in [0.2, 0.25) is 0 Å². The normalized spacial score (nSPS) is 16.2. The number of nitrogens with one attached hydrogen (secondary N) is 1. The molecule has 1 aliphatic rings. The van der Waals surface area contributed by atoms with E-state index in [0.717, 1.165) is 29.8 Å². The van der Waals surface area contributed by atoms with E-state index in [1.807, 2.05) is 17.2 Å². The Morgan fingerprint density at radius 3 is 2.77 bits per heavy atom. The first kappa shape index (κ1) is 18.5. The van der Waals surface area contributed by atoms with Crippen LogP contribution in [0.25, 0.3) is 0 Å². The van der Waals surface area contributed by atoms with Crippen LogP contribution in [0.15, 0.2) is 30.6 Å². The van der Waals surface area contributed by atoms with Gasteiger partial charge in [0.15, 0.2) is 0 Å². The van der Waals surface area contributed by atoms with E-state index in [4.69, 9.17) is 4.74 Å². The van der Waals surface area contributed by atoms with E-state index < -0.39 is 6.43 Å². The average molecular weight is 363 g/mol. The maximum absolute atomic E-state index is 12.4. The third-order valence-corrected chi connectivity index (χ3v) is 4.84. The lowest BCUT2D eigenvalue weighted by Gasteiger charge is -2.31. The molecule has 2 aromatic heterocycles. The fourth-order valence-electron chi connectivity index (χ4n) is 3.40. The molecule has 0 radical (unpaired) electrons. The van der Waals surface area contributed by atoms with Gasteiger partial charge in [0.1, 0.15) is 0 Å². The van der Waals surface area contributed by atoms with Crippen LogP contribution in [0.1, 0.15) is 46.1 Å². The summed E-state index contributed by atoms with van der Waals surface area (Å²) in [6, 6.07) is 5.82. The number of esters is 1. The van der Waals surface area contributed by atoms with Gasteiger partial charge in [-0.2, -0.15) is 0 Å². The second-order valence-corrected chi connectivity index (χ2v) is 6.63. The van der Waals surface area contributed by atoms with Gasteiger partial charge in [-0.05, 0) is 49.5 Å². The fraction of sp³-hybridized carbons (Fsp3) is 0.474. The quantitative estimate of drug-likeness (QED) is 0.801. The van der Waals surface area contributed by atoms with Crippen LogP contribution < -0.4 is 0 Å². The molecule has 0 aromatic carbocycles. The Morgan fingerprint density at radius 2 is 2.15 bits per heavy atom. The van der Waals surface area contributed by atoms with Gasteiger partial charge in [-0.1, -0.05) is 6.07 Å². The highest BCUT2D eigenvalue weighted by atomic mass is 19.3. The Balaban J connectivity index is 1.55. The summed E-state index contributed by atoms with van der Waals surface area (Å²) in [4.78, 5) is 20.9. The maximum Gasteiger partial charge on any atom is 0.339 e. The molecule has 0 amide bonds. The molecule has 7 heteroatoms. The van der Waals surface area contributed by atoms with E-state index in [9.17, 15) is 13.6 Å². The number of aromatic amines is 1. The first-order chi connectivity index (χ1) is 12.5. The largest absolute Gasteiger partial charge is 0.465 e. The highest BCUT2D eigenvalue weighted by Crippen LogP contribution is 2.28. The van der Waals surface area contributed by atoms with Crippen molar-refractivity contribution >= 4 is 5.97 Å². The van der Waals surface area contributed by atoms with E-state index in [1.54, 1.807) is 12.3 Å². The standard InChI is InChI=1S/C19H23F2N3O2/c1-26-19(25)15-8-17(23-11-15)9-16-3-2-14(10-22-16)13-4-6-24(7-5-13)12-18(20)21/h2-3,8,10-11,13,18,23H,4-7,9,12H2,1H3. The van der Waals surface area contributed by atoms with Crippen LogP contribution in [0.5, 0.6) is 0 Å². The van der Waals surface area contributed by atoms with E-state index in [0.29, 0.717) is 31.0 Å². The summed E-state index contributed by atoms with van der Waals surface area (Å²) in [6.07, 6.45) is 3.61. The van der Waals surface area contributed by atoms with Gasteiger partial charge in [-0.15, -0.1) is 0 Å². The number of halogens is 2. The number of likely N-dealkylation sites (tertiary alicyclic amines) is 1. The Morgan fingerprint density at radius 1 is 1.38 bits per heavy atom. The van der Waals surface area contributed by atoms with Crippen molar-refractivity contribution in [3.05, 3.63) is 53.1 Å². The lowest BCUT2D eigenvalue weighted by Crippen LogP contribution is -2.36. The minimum absolute atomic E-state index is 0.131. The highest BCUT2D eigenvalue weighted by molar-refractivity contribution is 5.89. The van der Waals surface area contributed by atoms with E-state index >= 15 is 0 Å². The molecule has 1 saturated heterocycles. The lowest BCUT2D eigenvalue weighted by molar-refractivity contribution is 0.0600. The summed E-state index contributed by atoms with van der Waals surface area (Å²) in [5.41, 5.74) is 3.45. The lowest BCUT2D eigenvalue weighted by atomic mass is 9.90. The number of rotatable bonds is 6. The van der Waals surface area contributed by atoms with Crippen molar-refractivity contribution in [3.63, 3.8) is 0 Å². The van der Waals surface area contributed by atoms with Crippen molar-refractivity contribution in [2.24, 2.45) is 0 Å². The molecule has 5 nitrogen and oxygen atoms in total. The molecule has 0 spiro atoms. The molecule has 0 atom stereocenters. The molecule has 0 unspecified atom stereocenters. The van der Waals surface area contributed by atoms with E-state index in [-0.39, 0.29) is 12.5 Å². The van der Waals surface area contributed by atoms with Crippen molar-refractivity contribution in [1.29, 1.82) is 0 Å². The van der Waals surface area contributed by atoms with Crippen LogP contribution in [0.2, 0.25) is 0 Å². The van der Waals surface area contributed by atoms with Crippen LogP contribution in [0.3, 0.4) is 0 Å². The van der Waals surface area contributed by atoms with Crippen molar-refractivity contribution in [2.75, 3.05) is 26.7 Å². The minimum Gasteiger partial charge on any atom is -0.465 e. The van der Waals surface area contributed by atoms with E-state index in [1.165, 1.54) is 7.11 Å². The Kier molecular flexibility index (Phi) is 5.98. The molecule has 3 heterocycles. The summed E-state index contributed by atoms with van der Waals surface area (Å²) < 4.78 is 29.6. The number of piperidine rings is 1. The topological polar surface area (TPSA) is 58.2 Å². The molecule has 3 rings (SSSR count). The number of carbonyl (C=O) groups excluding carboxylic acids is 1. The number of nitrogens with zero attached hydrogens (tertiary/aromatic N) is 2. The van der Waals surface area contributed by atoms with Crippen LogP contribution in [-0.4, -0.2) is 54.0 Å². The van der Waals surface area contributed by atoms with E-state index in [2.05, 4.69) is 16.0 Å². The summed E-state index contributed by atoms with van der Waals surface area (Å²) in [7, 11) is 1.35. The van der Waals surface area contributed by atoms with Crippen molar-refractivity contribution in [1.82, 2.24) is 14.9 Å². The first-order valence-corrected chi connectivity index (χ1v) is 8.76. The maximum atomic E-state index is 12.4. The SMILES string of the molecule is COC(=O)c1c[nH]c(Cc2ccc(C3CCN(CC(F)F)CC3)cn2)c1. The van der Waals surface area contributed by atoms with Crippen LogP contribution in [0.4, 0.5) is 8.78 Å². The molecule has 26 heavy (non-hydrogen) atoms. The second kappa shape index (κ2) is 8.40. The molecule has 0 bridgehead atoms. The third kappa shape index (κ3) is 4.66. The minimum atomic E-state index is -2.26. The smallest absolute Gasteiger partial charge is 0.339 e. The van der Waals surface area contributed by atoms with Crippen molar-refractivity contribution in [2.45, 2.75) is 31.6 Å². The van der Waals surface area contributed by atoms with Gasteiger partial charge in [0.05, 0.1) is 19.2 Å². The molecule has 0 saturated carbocycles. The van der Waals surface area contributed by atoms with Gasteiger partial charge in [-0.3, -0.25) is 9.88 Å². The van der Waals surface area contributed by atoms with Crippen molar-refractivity contribution < 1.29 is 18.3 Å². The number of H-pyrrole nitrogens is 1. The number of methoxy groups -OCH3 is 1. The molecular formula is C19H23F2N3O2. The zero-order valence-corrected chi connectivity index (χ0v) is 14.8. The van der Waals surface area contributed by atoms with Gasteiger partial charge < -0.3 is 9.72 Å². The van der Waals surface area contributed by atoms with Crippen LogP contribution >= 0.6 is 0 Å². The predicted octanol–water partition coefficient (Wildman–Crippen LogP) is 3.23. The Bertz CT molecular complexity index is 723. The summed E-state index contributed by atoms with van der Waals surface area (Å²) in [5, 5.41) is 0. The average Bonchev–Trinajstić information content (AvgIpc) is 3.10. The number of hydrogen-bond donors (Lipinski definition) is 1. The van der Waals surface area contributed by atoms with Gasteiger partial charge in [0.25, 0.3) is 6.43 Å². The number of pyridine rings is 1. The zero-order chi connectivity index (χ0) is 18.5. The number of aromatic nitrogens is 2. The predicted molar refractivity (Wildman–Crippen MR) is 93.6 cm³/mol. The molecule has 140 valence electrons. The number of hydrogen-bond acceptors (Lipinski definition) is 4. The van der Waals surface area contributed by atoms with Gasteiger partial charge in [-0.25, -0.2) is 13.6 Å². The number of carbonyl (C=O) groups is 1. The van der Waals surface area contributed by atoms with Crippen LogP contribution in [-0.2, 0) is 11.2 Å². The molecule has 2 aromatic rings. The molecule has 1 aliphatic heterocycles. The summed E-state index contributed by atoms with van der Waals surface area (Å²) in [5.74, 6) is 0.0101. The highest BCUT2D eigenvalue weighted by Gasteiger charge is 2.22. The number of alkyl halides is 2. The van der Waals surface area contributed by atoms with Gasteiger partial charge >= 0.3 is 5.97 Å².